The Bertz CT molecular complexity index is 3400. The van der Waals surface area contributed by atoms with Crippen molar-refractivity contribution in [3.8, 4) is 62.5 Å². The third-order valence-corrected chi connectivity index (χ3v) is 11.6. The van der Waals surface area contributed by atoms with Gasteiger partial charge in [0.1, 0.15) is 0 Å². The molecule has 61 heavy (non-hydrogen) atoms. The number of nitrogens with zero attached hydrogens (tertiary/aromatic N) is 5. The first-order valence-corrected chi connectivity index (χ1v) is 20.4. The van der Waals surface area contributed by atoms with Gasteiger partial charge < -0.3 is 14.2 Å². The van der Waals surface area contributed by atoms with Gasteiger partial charge in [-0.3, -0.25) is 0 Å². The number of rotatable bonds is 6. The van der Waals surface area contributed by atoms with Crippen LogP contribution < -0.4 is 9.64 Å². The largest absolute Gasteiger partial charge is 0.453 e. The van der Waals surface area contributed by atoms with Gasteiger partial charge >= 0.3 is 0 Å². The molecular weight excluding hydrogens is 747 g/mol. The van der Waals surface area contributed by atoms with Crippen LogP contribution in [-0.4, -0.2) is 19.5 Å². The monoisotopic (exact) mass is 781 g/mol. The van der Waals surface area contributed by atoms with Crippen LogP contribution >= 0.6 is 0 Å². The first kappa shape index (κ1) is 34.7. The van der Waals surface area contributed by atoms with Crippen LogP contribution in [0.15, 0.2) is 212 Å². The fourth-order valence-electron chi connectivity index (χ4n) is 8.84. The molecule has 0 atom stereocenters. The van der Waals surface area contributed by atoms with Crippen molar-refractivity contribution in [3.05, 3.63) is 212 Å². The number of para-hydroxylation sites is 4. The van der Waals surface area contributed by atoms with Crippen molar-refractivity contribution in [1.29, 1.82) is 0 Å². The minimum absolute atomic E-state index is 0.607. The lowest BCUT2D eigenvalue weighted by Crippen LogP contribution is -2.15. The Morgan fingerprint density at radius 2 is 0.967 bits per heavy atom. The van der Waals surface area contributed by atoms with E-state index in [1.54, 1.807) is 0 Å². The van der Waals surface area contributed by atoms with E-state index in [4.69, 9.17) is 19.7 Å². The van der Waals surface area contributed by atoms with Crippen LogP contribution in [0, 0.1) is 0 Å². The second kappa shape index (κ2) is 14.2. The average Bonchev–Trinajstić information content (AvgIpc) is 3.69. The summed E-state index contributed by atoms with van der Waals surface area (Å²) in [5.74, 6) is 3.48. The van der Waals surface area contributed by atoms with E-state index in [-0.39, 0.29) is 0 Å². The Kier molecular flexibility index (Phi) is 8.06. The van der Waals surface area contributed by atoms with Crippen LogP contribution in [-0.2, 0) is 0 Å². The summed E-state index contributed by atoms with van der Waals surface area (Å²) in [5, 5.41) is 4.78. The van der Waals surface area contributed by atoms with Crippen molar-refractivity contribution in [3.63, 3.8) is 0 Å². The molecule has 0 saturated heterocycles. The van der Waals surface area contributed by atoms with Crippen LogP contribution in [0.4, 0.5) is 17.1 Å². The second-order valence-corrected chi connectivity index (χ2v) is 15.2. The maximum atomic E-state index is 6.72. The number of hydrogen-bond donors (Lipinski definition) is 0. The summed E-state index contributed by atoms with van der Waals surface area (Å²) in [4.78, 5) is 17.4. The molecule has 12 rings (SSSR count). The summed E-state index contributed by atoms with van der Waals surface area (Å²) in [5.41, 5.74) is 11.2. The van der Waals surface area contributed by atoms with Gasteiger partial charge in [0.15, 0.2) is 29.0 Å². The highest BCUT2D eigenvalue weighted by atomic mass is 16.5. The molecule has 0 N–H and O–H groups in total. The zero-order valence-electron chi connectivity index (χ0n) is 32.9. The highest BCUT2D eigenvalue weighted by molar-refractivity contribution is 6.23. The van der Waals surface area contributed by atoms with Gasteiger partial charge in [-0.25, -0.2) is 15.0 Å². The van der Waals surface area contributed by atoms with Crippen LogP contribution in [0.2, 0.25) is 0 Å². The van der Waals surface area contributed by atoms with Crippen molar-refractivity contribution in [2.24, 2.45) is 0 Å². The lowest BCUT2D eigenvalue weighted by atomic mass is 9.99. The molecule has 11 aromatic rings. The average molecular weight is 782 g/mol. The second-order valence-electron chi connectivity index (χ2n) is 15.2. The predicted molar refractivity (Wildman–Crippen MR) is 248 cm³/mol. The summed E-state index contributed by atoms with van der Waals surface area (Å²) >= 11 is 0. The van der Waals surface area contributed by atoms with Crippen molar-refractivity contribution in [2.75, 3.05) is 4.90 Å². The van der Waals surface area contributed by atoms with E-state index >= 15 is 0 Å². The summed E-state index contributed by atoms with van der Waals surface area (Å²) in [6, 6.07) is 73.9. The summed E-state index contributed by atoms with van der Waals surface area (Å²) < 4.78 is 9.12. The molecule has 0 saturated carbocycles. The third-order valence-electron chi connectivity index (χ3n) is 11.6. The van der Waals surface area contributed by atoms with Gasteiger partial charge in [0.05, 0.1) is 22.4 Å². The normalized spacial score (nSPS) is 12.0. The van der Waals surface area contributed by atoms with Crippen molar-refractivity contribution < 1.29 is 4.74 Å². The molecule has 6 nitrogen and oxygen atoms in total. The molecule has 0 amide bonds. The molecule has 0 unspecified atom stereocenters. The molecule has 6 heteroatoms. The fourth-order valence-corrected chi connectivity index (χ4v) is 8.84. The Hall–Kier alpha value is -8.35. The number of fused-ring (bicyclic) bond motifs is 7. The molecule has 2 aromatic heterocycles. The fraction of sp³-hybridized carbons (Fsp3) is 0. The lowest BCUT2D eigenvalue weighted by Gasteiger charge is -2.33. The molecule has 0 bridgehead atoms. The van der Waals surface area contributed by atoms with E-state index < -0.39 is 0 Å². The maximum absolute atomic E-state index is 6.72. The van der Waals surface area contributed by atoms with Crippen LogP contribution in [0.3, 0.4) is 0 Å². The maximum Gasteiger partial charge on any atom is 0.164 e. The molecule has 1 aliphatic heterocycles. The van der Waals surface area contributed by atoms with Crippen molar-refractivity contribution in [1.82, 2.24) is 19.5 Å². The van der Waals surface area contributed by atoms with Crippen molar-refractivity contribution in [2.45, 2.75) is 0 Å². The molecular formula is C55H35N5O. The molecule has 286 valence electrons. The molecule has 0 radical (unpaired) electrons. The molecule has 0 aliphatic carbocycles. The van der Waals surface area contributed by atoms with Crippen molar-refractivity contribution >= 4 is 49.6 Å². The summed E-state index contributed by atoms with van der Waals surface area (Å²) in [6.45, 7) is 0. The molecule has 1 aliphatic rings. The first-order chi connectivity index (χ1) is 30.2. The smallest absolute Gasteiger partial charge is 0.164 e. The van der Waals surface area contributed by atoms with Gasteiger partial charge in [-0.15, -0.1) is 0 Å². The zero-order chi connectivity index (χ0) is 40.3. The van der Waals surface area contributed by atoms with Crippen LogP contribution in [0.5, 0.6) is 11.5 Å². The topological polar surface area (TPSA) is 56.1 Å². The Morgan fingerprint density at radius 3 is 1.74 bits per heavy atom. The first-order valence-electron chi connectivity index (χ1n) is 20.4. The summed E-state index contributed by atoms with van der Waals surface area (Å²) in [7, 11) is 0. The lowest BCUT2D eigenvalue weighted by molar-refractivity contribution is 0.477. The number of ether oxygens (including phenoxy) is 1. The van der Waals surface area contributed by atoms with Gasteiger partial charge in [0.2, 0.25) is 0 Å². The molecule has 0 fully saturated rings. The Morgan fingerprint density at radius 1 is 0.377 bits per heavy atom. The number of hydrogen-bond acceptors (Lipinski definition) is 5. The molecule has 9 aromatic carbocycles. The van der Waals surface area contributed by atoms with E-state index in [9.17, 15) is 0 Å². The van der Waals surface area contributed by atoms with Crippen LogP contribution in [0.25, 0.3) is 83.6 Å². The minimum Gasteiger partial charge on any atom is -0.453 e. The highest BCUT2D eigenvalue weighted by Crippen LogP contribution is 2.52. The van der Waals surface area contributed by atoms with E-state index in [2.05, 4.69) is 143 Å². The standard InChI is InChI=1S/C55H35N5O/c1-4-17-37(18-5-1)53-56-54(38-19-6-2-7-20-38)58-55(57-53)40-21-14-24-42(34-40)60-48-33-30-36-16-10-11-25-43(36)51(48)45-27-15-26-44(52(45)60)39-31-32-47-50(35-39)61-49-29-13-12-28-46(49)59(47)41-22-8-3-9-23-41/h1-35H. The quantitative estimate of drug-likeness (QED) is 0.168. The summed E-state index contributed by atoms with van der Waals surface area (Å²) in [6.07, 6.45) is 0. The number of aromatic nitrogens is 4. The van der Waals surface area contributed by atoms with Gasteiger partial charge in [-0.05, 0) is 70.9 Å². The van der Waals surface area contributed by atoms with E-state index in [1.165, 1.54) is 21.5 Å². The molecule has 3 heterocycles. The molecule has 0 spiro atoms. The van der Waals surface area contributed by atoms with Gasteiger partial charge in [-0.1, -0.05) is 158 Å². The highest BCUT2D eigenvalue weighted by Gasteiger charge is 2.27. The Balaban J connectivity index is 1.08. The number of anilines is 3. The zero-order valence-corrected chi connectivity index (χ0v) is 32.9. The van der Waals surface area contributed by atoms with Gasteiger partial charge in [0, 0.05) is 44.4 Å². The Labute approximate surface area is 352 Å². The van der Waals surface area contributed by atoms with Gasteiger partial charge in [0.25, 0.3) is 0 Å². The third kappa shape index (κ3) is 5.84. The number of benzene rings is 9. The van der Waals surface area contributed by atoms with E-state index in [0.29, 0.717) is 17.5 Å². The predicted octanol–water partition coefficient (Wildman–Crippen LogP) is 14.4. The van der Waals surface area contributed by atoms with Gasteiger partial charge in [-0.2, -0.15) is 0 Å². The van der Waals surface area contributed by atoms with E-state index in [1.807, 2.05) is 78.9 Å². The SMILES string of the molecule is c1ccc(-c2nc(-c3ccccc3)nc(-c3cccc(-n4c5ccc6ccccc6c5c5cccc(-c6ccc7c(c6)Oc6ccccc6N7c6ccccc6)c54)c3)n2)cc1. The van der Waals surface area contributed by atoms with E-state index in [0.717, 1.165) is 73.1 Å². The minimum atomic E-state index is 0.607. The van der Waals surface area contributed by atoms with Crippen LogP contribution in [0.1, 0.15) is 0 Å².